The van der Waals surface area contributed by atoms with Crippen molar-refractivity contribution in [1.82, 2.24) is 4.98 Å². The van der Waals surface area contributed by atoms with Gasteiger partial charge >= 0.3 is 0 Å². The lowest BCUT2D eigenvalue weighted by molar-refractivity contribution is -0.0334. The Kier molecular flexibility index (Phi) is 4.08. The molecule has 4 heteroatoms. The van der Waals surface area contributed by atoms with Crippen LogP contribution in [0.15, 0.2) is 29.8 Å². The molecule has 0 N–H and O–H groups in total. The molecule has 1 aromatic heterocycles. The van der Waals surface area contributed by atoms with Crippen molar-refractivity contribution in [2.24, 2.45) is 0 Å². The van der Waals surface area contributed by atoms with Gasteiger partial charge in [0.15, 0.2) is 0 Å². The van der Waals surface area contributed by atoms with E-state index in [1.807, 2.05) is 23.7 Å². The van der Waals surface area contributed by atoms with Gasteiger partial charge < -0.3 is 9.47 Å². The van der Waals surface area contributed by atoms with Gasteiger partial charge in [0, 0.05) is 0 Å². The second kappa shape index (κ2) is 5.80. The standard InChI is InChI=1S/C7H5NS.C4H8O2/c1-2-4-7-6(3-1)8-5-9-7;1-2-6-4-3-5-1/h1-5H;1-4H2. The molecule has 0 bridgehead atoms. The van der Waals surface area contributed by atoms with Gasteiger partial charge in [-0.25, -0.2) is 4.98 Å². The zero-order valence-corrected chi connectivity index (χ0v) is 9.20. The fourth-order valence-electron chi connectivity index (χ4n) is 1.24. The summed E-state index contributed by atoms with van der Waals surface area (Å²) in [5, 5.41) is 0. The molecule has 0 amide bonds. The molecule has 0 aliphatic carbocycles. The quantitative estimate of drug-likeness (QED) is 0.687. The van der Waals surface area contributed by atoms with Crippen LogP contribution >= 0.6 is 11.3 Å². The third kappa shape index (κ3) is 3.27. The lowest BCUT2D eigenvalue weighted by Gasteiger charge is -2.09. The maximum Gasteiger partial charge on any atom is 0.0812 e. The molecule has 2 aromatic rings. The first kappa shape index (κ1) is 10.5. The van der Waals surface area contributed by atoms with E-state index in [0.29, 0.717) is 0 Å². The van der Waals surface area contributed by atoms with Crippen molar-refractivity contribution in [3.8, 4) is 0 Å². The first-order valence-corrected chi connectivity index (χ1v) is 5.78. The van der Waals surface area contributed by atoms with Gasteiger partial charge in [-0.05, 0) is 12.1 Å². The van der Waals surface area contributed by atoms with E-state index in [-0.39, 0.29) is 0 Å². The Balaban J connectivity index is 0.000000124. The normalized spacial score (nSPS) is 15.7. The maximum absolute atomic E-state index is 4.94. The van der Waals surface area contributed by atoms with E-state index < -0.39 is 0 Å². The Labute approximate surface area is 92.7 Å². The smallest absolute Gasteiger partial charge is 0.0812 e. The number of hydrogen-bond acceptors (Lipinski definition) is 4. The van der Waals surface area contributed by atoms with Gasteiger partial charge in [-0.15, -0.1) is 11.3 Å². The lowest BCUT2D eigenvalue weighted by Crippen LogP contribution is -2.16. The molecule has 0 unspecified atom stereocenters. The first-order chi connectivity index (χ1) is 7.47. The van der Waals surface area contributed by atoms with Crippen LogP contribution in [0.25, 0.3) is 10.2 Å². The van der Waals surface area contributed by atoms with Gasteiger partial charge in [-0.1, -0.05) is 12.1 Å². The topological polar surface area (TPSA) is 31.4 Å². The average Bonchev–Trinajstić information content (AvgIpc) is 2.80. The molecule has 2 heterocycles. The van der Waals surface area contributed by atoms with E-state index in [4.69, 9.17) is 9.47 Å². The number of aromatic nitrogens is 1. The molecule has 1 aliphatic rings. The van der Waals surface area contributed by atoms with Gasteiger partial charge in [0.1, 0.15) is 0 Å². The number of ether oxygens (including phenoxy) is 2. The van der Waals surface area contributed by atoms with E-state index >= 15 is 0 Å². The predicted molar refractivity (Wildman–Crippen MR) is 61.3 cm³/mol. The van der Waals surface area contributed by atoms with Crippen molar-refractivity contribution < 1.29 is 9.47 Å². The van der Waals surface area contributed by atoms with Crippen molar-refractivity contribution in [2.75, 3.05) is 26.4 Å². The Morgan fingerprint density at radius 2 is 1.67 bits per heavy atom. The Bertz CT molecular complexity index is 356. The van der Waals surface area contributed by atoms with Crippen LogP contribution < -0.4 is 0 Å². The Hall–Kier alpha value is -0.970. The molecule has 3 nitrogen and oxygen atoms in total. The van der Waals surface area contributed by atoms with Crippen LogP contribution in [-0.2, 0) is 9.47 Å². The monoisotopic (exact) mass is 223 g/mol. The third-order valence-electron chi connectivity index (χ3n) is 1.98. The molecular weight excluding hydrogens is 210 g/mol. The van der Waals surface area contributed by atoms with Crippen LogP contribution in [0.1, 0.15) is 0 Å². The van der Waals surface area contributed by atoms with Gasteiger partial charge in [0.25, 0.3) is 0 Å². The third-order valence-corrected chi connectivity index (χ3v) is 2.79. The van der Waals surface area contributed by atoms with Crippen LogP contribution in [-0.4, -0.2) is 31.4 Å². The van der Waals surface area contributed by atoms with E-state index in [1.165, 1.54) is 4.70 Å². The number of rotatable bonds is 0. The largest absolute Gasteiger partial charge is 0.377 e. The second-order valence-electron chi connectivity index (χ2n) is 3.04. The maximum atomic E-state index is 4.94. The fourth-order valence-corrected chi connectivity index (χ4v) is 1.92. The van der Waals surface area contributed by atoms with Crippen LogP contribution in [0.5, 0.6) is 0 Å². The van der Waals surface area contributed by atoms with Gasteiger partial charge in [0.2, 0.25) is 0 Å². The molecule has 0 spiro atoms. The highest BCUT2D eigenvalue weighted by molar-refractivity contribution is 7.16. The molecule has 3 rings (SSSR count). The van der Waals surface area contributed by atoms with Crippen LogP contribution in [0.3, 0.4) is 0 Å². The van der Waals surface area contributed by atoms with Gasteiger partial charge in [0.05, 0.1) is 42.2 Å². The summed E-state index contributed by atoms with van der Waals surface area (Å²) in [6.45, 7) is 3.11. The number of fused-ring (bicyclic) bond motifs is 1. The number of thiazole rings is 1. The minimum Gasteiger partial charge on any atom is -0.377 e. The highest BCUT2D eigenvalue weighted by Crippen LogP contribution is 2.15. The zero-order chi connectivity index (χ0) is 10.3. The van der Waals surface area contributed by atoms with E-state index in [9.17, 15) is 0 Å². The predicted octanol–water partition coefficient (Wildman–Crippen LogP) is 2.33. The fraction of sp³-hybridized carbons (Fsp3) is 0.364. The summed E-state index contributed by atoms with van der Waals surface area (Å²) in [7, 11) is 0. The second-order valence-corrected chi connectivity index (χ2v) is 3.93. The molecule has 1 aliphatic heterocycles. The molecular formula is C11H13NO2S. The minimum absolute atomic E-state index is 0.778. The van der Waals surface area contributed by atoms with E-state index in [0.717, 1.165) is 31.9 Å². The summed E-state index contributed by atoms with van der Waals surface area (Å²) in [6.07, 6.45) is 0. The Morgan fingerprint density at radius 3 is 2.27 bits per heavy atom. The van der Waals surface area contributed by atoms with Crippen molar-refractivity contribution in [3.05, 3.63) is 29.8 Å². The molecule has 1 fully saturated rings. The molecule has 1 aromatic carbocycles. The molecule has 0 saturated carbocycles. The Morgan fingerprint density at radius 1 is 1.00 bits per heavy atom. The van der Waals surface area contributed by atoms with E-state index in [1.54, 1.807) is 11.3 Å². The summed E-state index contributed by atoms with van der Waals surface area (Å²) >= 11 is 1.68. The first-order valence-electron chi connectivity index (χ1n) is 4.90. The number of nitrogens with zero attached hydrogens (tertiary/aromatic N) is 1. The van der Waals surface area contributed by atoms with Crippen LogP contribution in [0.4, 0.5) is 0 Å². The van der Waals surface area contributed by atoms with Gasteiger partial charge in [-0.2, -0.15) is 0 Å². The van der Waals surface area contributed by atoms with Crippen LogP contribution in [0.2, 0.25) is 0 Å². The highest BCUT2D eigenvalue weighted by atomic mass is 32.1. The molecule has 80 valence electrons. The van der Waals surface area contributed by atoms with Crippen molar-refractivity contribution in [2.45, 2.75) is 0 Å². The number of benzene rings is 1. The molecule has 1 saturated heterocycles. The average molecular weight is 223 g/mol. The number of para-hydroxylation sites is 1. The summed E-state index contributed by atoms with van der Waals surface area (Å²) in [5.41, 5.74) is 2.97. The SMILES string of the molecule is C1COCCO1.c1ccc2scnc2c1. The summed E-state index contributed by atoms with van der Waals surface area (Å²) in [5.74, 6) is 0. The van der Waals surface area contributed by atoms with Crippen molar-refractivity contribution in [1.29, 1.82) is 0 Å². The summed E-state index contributed by atoms with van der Waals surface area (Å²) < 4.78 is 11.2. The van der Waals surface area contributed by atoms with Crippen LogP contribution in [0, 0.1) is 0 Å². The lowest BCUT2D eigenvalue weighted by atomic mass is 10.3. The summed E-state index contributed by atoms with van der Waals surface area (Å²) in [6, 6.07) is 8.13. The minimum atomic E-state index is 0.778. The number of hydrogen-bond donors (Lipinski definition) is 0. The van der Waals surface area contributed by atoms with E-state index in [2.05, 4.69) is 11.1 Å². The molecule has 15 heavy (non-hydrogen) atoms. The summed E-state index contributed by atoms with van der Waals surface area (Å²) in [4.78, 5) is 4.14. The molecule has 0 atom stereocenters. The zero-order valence-electron chi connectivity index (χ0n) is 8.39. The van der Waals surface area contributed by atoms with Crippen molar-refractivity contribution >= 4 is 21.6 Å². The van der Waals surface area contributed by atoms with Crippen molar-refractivity contribution in [3.63, 3.8) is 0 Å². The highest BCUT2D eigenvalue weighted by Gasteiger charge is 1.94. The molecule has 0 radical (unpaired) electrons. The van der Waals surface area contributed by atoms with Gasteiger partial charge in [-0.3, -0.25) is 0 Å².